The molecule has 0 spiro atoms. The van der Waals surface area contributed by atoms with Crippen molar-refractivity contribution in [3.63, 3.8) is 0 Å². The zero-order valence-corrected chi connectivity index (χ0v) is 13.2. The molecule has 0 heterocycles. The molecule has 120 valence electrons. The number of hydrogen-bond acceptors (Lipinski definition) is 2. The van der Waals surface area contributed by atoms with Gasteiger partial charge in [-0.3, -0.25) is 4.79 Å². The summed E-state index contributed by atoms with van der Waals surface area (Å²) in [6.45, 7) is 5.88. The number of carbonyl (C=O) groups excluding carboxylic acids is 1. The van der Waals surface area contributed by atoms with E-state index in [0.29, 0.717) is 31.2 Å². The van der Waals surface area contributed by atoms with Gasteiger partial charge in [0, 0.05) is 19.6 Å². The maximum atomic E-state index is 12.2. The van der Waals surface area contributed by atoms with E-state index in [1.165, 1.54) is 12.8 Å². The number of rotatable bonds is 6. The van der Waals surface area contributed by atoms with Gasteiger partial charge in [0.25, 0.3) is 0 Å². The summed E-state index contributed by atoms with van der Waals surface area (Å²) in [7, 11) is 0. The Kier molecular flexibility index (Phi) is 5.12. The van der Waals surface area contributed by atoms with Crippen LogP contribution < -0.4 is 5.32 Å². The molecule has 0 aliphatic heterocycles. The van der Waals surface area contributed by atoms with E-state index in [4.69, 9.17) is 0 Å². The van der Waals surface area contributed by atoms with Crippen molar-refractivity contribution in [2.24, 2.45) is 17.3 Å². The van der Waals surface area contributed by atoms with E-state index >= 15 is 0 Å². The van der Waals surface area contributed by atoms with Crippen molar-refractivity contribution in [1.29, 1.82) is 0 Å². The van der Waals surface area contributed by atoms with E-state index < -0.39 is 11.4 Å². The second-order valence-electron chi connectivity index (χ2n) is 6.91. The molecule has 2 N–H and O–H groups in total. The van der Waals surface area contributed by atoms with Crippen LogP contribution in [0.3, 0.4) is 0 Å². The van der Waals surface area contributed by atoms with Gasteiger partial charge in [0.1, 0.15) is 0 Å². The quantitative estimate of drug-likeness (QED) is 0.791. The molecule has 2 amide bonds. The molecular weight excluding hydrogens is 268 g/mol. The Labute approximate surface area is 127 Å². The molecular formula is C16H28N2O3. The van der Waals surface area contributed by atoms with Crippen LogP contribution in [0.15, 0.2) is 0 Å². The Morgan fingerprint density at radius 3 is 2.33 bits per heavy atom. The van der Waals surface area contributed by atoms with E-state index in [1.54, 1.807) is 4.90 Å². The summed E-state index contributed by atoms with van der Waals surface area (Å²) in [6, 6.07) is -0.108. The van der Waals surface area contributed by atoms with Crippen molar-refractivity contribution in [2.75, 3.05) is 19.6 Å². The Bertz CT molecular complexity index is 385. The molecule has 2 saturated carbocycles. The summed E-state index contributed by atoms with van der Waals surface area (Å²) < 4.78 is 0. The topological polar surface area (TPSA) is 69.6 Å². The highest BCUT2D eigenvalue weighted by Gasteiger charge is 2.41. The predicted octanol–water partition coefficient (Wildman–Crippen LogP) is 2.71. The Morgan fingerprint density at radius 2 is 1.86 bits per heavy atom. The summed E-state index contributed by atoms with van der Waals surface area (Å²) >= 11 is 0. The molecule has 2 aliphatic rings. The van der Waals surface area contributed by atoms with Crippen molar-refractivity contribution in [3.05, 3.63) is 0 Å². The third-order valence-electron chi connectivity index (χ3n) is 5.11. The van der Waals surface area contributed by atoms with Gasteiger partial charge in [-0.25, -0.2) is 4.79 Å². The maximum Gasteiger partial charge on any atom is 0.317 e. The van der Waals surface area contributed by atoms with Gasteiger partial charge in [0.15, 0.2) is 0 Å². The second kappa shape index (κ2) is 6.67. The first-order valence-electron chi connectivity index (χ1n) is 8.23. The lowest BCUT2D eigenvalue weighted by Gasteiger charge is -2.36. The molecule has 2 fully saturated rings. The third-order valence-corrected chi connectivity index (χ3v) is 5.11. The lowest BCUT2D eigenvalue weighted by atomic mass is 9.71. The van der Waals surface area contributed by atoms with Gasteiger partial charge in [0.2, 0.25) is 0 Å². The van der Waals surface area contributed by atoms with Crippen molar-refractivity contribution in [3.8, 4) is 0 Å². The fraction of sp³-hybridized carbons (Fsp3) is 0.875. The highest BCUT2D eigenvalue weighted by molar-refractivity contribution is 5.78. The van der Waals surface area contributed by atoms with Gasteiger partial charge in [-0.15, -0.1) is 0 Å². The van der Waals surface area contributed by atoms with Crippen molar-refractivity contribution >= 4 is 12.0 Å². The SMILES string of the molecule is CCN(CC1CC1)C(=O)NCC1(C(=O)O)CCC(C)CC1. The van der Waals surface area contributed by atoms with Gasteiger partial charge in [0.05, 0.1) is 5.41 Å². The number of hydrogen-bond donors (Lipinski definition) is 2. The number of carboxylic acid groups (broad SMARTS) is 1. The summed E-state index contributed by atoms with van der Waals surface area (Å²) in [5.74, 6) is 0.481. The number of amides is 2. The first kappa shape index (κ1) is 16.1. The number of nitrogens with zero attached hydrogens (tertiary/aromatic N) is 1. The minimum atomic E-state index is -0.764. The van der Waals surface area contributed by atoms with Crippen molar-refractivity contribution in [2.45, 2.75) is 52.4 Å². The Morgan fingerprint density at radius 1 is 1.24 bits per heavy atom. The monoisotopic (exact) mass is 296 g/mol. The minimum absolute atomic E-state index is 0.108. The molecule has 0 aromatic heterocycles. The number of urea groups is 1. The van der Waals surface area contributed by atoms with Crippen LogP contribution in [0.1, 0.15) is 52.4 Å². The molecule has 2 aliphatic carbocycles. The molecule has 0 saturated heterocycles. The number of carboxylic acids is 1. The number of carbonyl (C=O) groups is 2. The van der Waals surface area contributed by atoms with Crippen LogP contribution in [0, 0.1) is 17.3 Å². The lowest BCUT2D eigenvalue weighted by molar-refractivity contribution is -0.151. The summed E-state index contributed by atoms with van der Waals surface area (Å²) in [4.78, 5) is 25.7. The zero-order chi connectivity index (χ0) is 15.5. The summed E-state index contributed by atoms with van der Waals surface area (Å²) in [5, 5.41) is 12.5. The minimum Gasteiger partial charge on any atom is -0.481 e. The lowest BCUT2D eigenvalue weighted by Crippen LogP contribution is -2.49. The Hall–Kier alpha value is -1.26. The fourth-order valence-electron chi connectivity index (χ4n) is 3.11. The molecule has 0 bridgehead atoms. The van der Waals surface area contributed by atoms with Crippen molar-refractivity contribution < 1.29 is 14.7 Å². The fourth-order valence-corrected chi connectivity index (χ4v) is 3.11. The summed E-state index contributed by atoms with van der Waals surface area (Å²) in [6.07, 6.45) is 5.61. The van der Waals surface area contributed by atoms with E-state index in [9.17, 15) is 14.7 Å². The van der Waals surface area contributed by atoms with Crippen LogP contribution in [-0.4, -0.2) is 41.6 Å². The molecule has 0 unspecified atom stereocenters. The standard InChI is InChI=1S/C16H28N2O3/c1-3-18(10-13-4-5-13)15(21)17-11-16(14(19)20)8-6-12(2)7-9-16/h12-13H,3-11H2,1-2H3,(H,17,21)(H,19,20). The molecule has 0 radical (unpaired) electrons. The Balaban J connectivity index is 1.88. The van der Waals surface area contributed by atoms with Crippen LogP contribution in [0.2, 0.25) is 0 Å². The second-order valence-corrected chi connectivity index (χ2v) is 6.91. The van der Waals surface area contributed by atoms with Crippen LogP contribution >= 0.6 is 0 Å². The summed E-state index contributed by atoms with van der Waals surface area (Å²) in [5.41, 5.74) is -0.763. The van der Waals surface area contributed by atoms with E-state index in [2.05, 4.69) is 12.2 Å². The number of nitrogens with one attached hydrogen (secondary N) is 1. The van der Waals surface area contributed by atoms with Crippen LogP contribution in [0.4, 0.5) is 4.79 Å². The van der Waals surface area contributed by atoms with E-state index in [0.717, 1.165) is 19.4 Å². The van der Waals surface area contributed by atoms with Gasteiger partial charge in [-0.2, -0.15) is 0 Å². The zero-order valence-electron chi connectivity index (χ0n) is 13.2. The first-order valence-corrected chi connectivity index (χ1v) is 8.23. The van der Waals surface area contributed by atoms with Crippen LogP contribution in [-0.2, 0) is 4.79 Å². The largest absolute Gasteiger partial charge is 0.481 e. The van der Waals surface area contributed by atoms with Gasteiger partial charge < -0.3 is 15.3 Å². The highest BCUT2D eigenvalue weighted by Crippen LogP contribution is 2.38. The molecule has 5 nitrogen and oxygen atoms in total. The third kappa shape index (κ3) is 4.11. The predicted molar refractivity (Wildman–Crippen MR) is 81.1 cm³/mol. The molecule has 2 rings (SSSR count). The van der Waals surface area contributed by atoms with Crippen LogP contribution in [0.5, 0.6) is 0 Å². The van der Waals surface area contributed by atoms with Gasteiger partial charge >= 0.3 is 12.0 Å². The average molecular weight is 296 g/mol. The average Bonchev–Trinajstić information content (AvgIpc) is 3.28. The van der Waals surface area contributed by atoms with Gasteiger partial charge in [-0.1, -0.05) is 6.92 Å². The number of aliphatic carboxylic acids is 1. The molecule has 21 heavy (non-hydrogen) atoms. The first-order chi connectivity index (χ1) is 9.97. The normalized spacial score (nSPS) is 29.0. The molecule has 5 heteroatoms. The van der Waals surface area contributed by atoms with E-state index in [1.807, 2.05) is 6.92 Å². The molecule has 0 atom stereocenters. The smallest absolute Gasteiger partial charge is 0.317 e. The van der Waals surface area contributed by atoms with Crippen LogP contribution in [0.25, 0.3) is 0 Å². The van der Waals surface area contributed by atoms with Crippen molar-refractivity contribution in [1.82, 2.24) is 10.2 Å². The molecule has 0 aromatic carbocycles. The maximum absolute atomic E-state index is 12.2. The van der Waals surface area contributed by atoms with Gasteiger partial charge in [-0.05, 0) is 57.3 Å². The highest BCUT2D eigenvalue weighted by atomic mass is 16.4. The van der Waals surface area contributed by atoms with E-state index in [-0.39, 0.29) is 12.6 Å². The molecule has 0 aromatic rings.